The Bertz CT molecular complexity index is 1060. The van der Waals surface area contributed by atoms with Crippen molar-refractivity contribution in [1.82, 2.24) is 9.97 Å². The average molecular weight is 435 g/mol. The van der Waals surface area contributed by atoms with Crippen molar-refractivity contribution in [3.63, 3.8) is 0 Å². The van der Waals surface area contributed by atoms with Gasteiger partial charge in [-0.2, -0.15) is 13.2 Å². The fraction of sp³-hybridized carbons (Fsp3) is 0.190. The van der Waals surface area contributed by atoms with Gasteiger partial charge in [-0.3, -0.25) is 4.79 Å². The number of carbonyl (C=O) groups is 1. The molecule has 4 nitrogen and oxygen atoms in total. The van der Waals surface area contributed by atoms with Crippen LogP contribution in [0.3, 0.4) is 0 Å². The minimum absolute atomic E-state index is 0.00221. The first-order valence-electron chi connectivity index (χ1n) is 8.89. The highest BCUT2D eigenvalue weighted by atomic mass is 32.2. The Hall–Kier alpha value is -2.94. The number of aryl methyl sites for hydroxylation is 1. The van der Waals surface area contributed by atoms with Crippen molar-refractivity contribution in [3.05, 3.63) is 71.7 Å². The van der Waals surface area contributed by atoms with Crippen LogP contribution in [0, 0.1) is 12.7 Å². The van der Waals surface area contributed by atoms with E-state index < -0.39 is 28.8 Å². The van der Waals surface area contributed by atoms with E-state index in [-0.39, 0.29) is 16.5 Å². The molecule has 3 rings (SSSR count). The van der Waals surface area contributed by atoms with Crippen molar-refractivity contribution in [2.45, 2.75) is 30.4 Å². The molecule has 1 heterocycles. The summed E-state index contributed by atoms with van der Waals surface area (Å²) in [5.74, 6) is -1.18. The molecule has 156 valence electrons. The van der Waals surface area contributed by atoms with Crippen LogP contribution >= 0.6 is 11.8 Å². The summed E-state index contributed by atoms with van der Waals surface area (Å²) >= 11 is 0.763. The summed E-state index contributed by atoms with van der Waals surface area (Å²) in [6, 6.07) is 13.5. The zero-order valence-electron chi connectivity index (χ0n) is 16.0. The lowest BCUT2D eigenvalue weighted by atomic mass is 10.1. The molecule has 0 spiro atoms. The SMILES string of the molecule is Cc1ccc(F)c(NC(=O)[C@H](C)Sc2nc(-c3ccccc3)cc(C(F)(F)F)n2)c1. The normalized spacial score (nSPS) is 12.5. The van der Waals surface area contributed by atoms with Gasteiger partial charge in [-0.05, 0) is 37.6 Å². The highest BCUT2D eigenvalue weighted by molar-refractivity contribution is 8.00. The molecule has 0 radical (unpaired) electrons. The number of alkyl halides is 3. The number of amides is 1. The first kappa shape index (κ1) is 21.8. The molecule has 0 bridgehead atoms. The van der Waals surface area contributed by atoms with Crippen LogP contribution in [0.1, 0.15) is 18.2 Å². The number of thioether (sulfide) groups is 1. The number of benzene rings is 2. The van der Waals surface area contributed by atoms with Crippen LogP contribution in [0.15, 0.2) is 59.8 Å². The second-order valence-corrected chi connectivity index (χ2v) is 7.83. The lowest BCUT2D eigenvalue weighted by Gasteiger charge is -2.14. The van der Waals surface area contributed by atoms with Crippen molar-refractivity contribution in [2.24, 2.45) is 0 Å². The highest BCUT2D eigenvalue weighted by Crippen LogP contribution is 2.33. The molecule has 0 aliphatic rings. The summed E-state index contributed by atoms with van der Waals surface area (Å²) < 4.78 is 53.8. The molecule has 3 aromatic rings. The predicted octanol–water partition coefficient (Wildman–Crippen LogP) is 5.73. The number of nitrogens with one attached hydrogen (secondary N) is 1. The maximum absolute atomic E-state index is 13.9. The molecule has 30 heavy (non-hydrogen) atoms. The van der Waals surface area contributed by atoms with E-state index in [1.165, 1.54) is 19.1 Å². The Morgan fingerprint density at radius 2 is 1.77 bits per heavy atom. The molecule has 1 amide bonds. The molecule has 0 fully saturated rings. The molecule has 0 unspecified atom stereocenters. The van der Waals surface area contributed by atoms with Crippen LogP contribution in [0.2, 0.25) is 0 Å². The van der Waals surface area contributed by atoms with Crippen molar-refractivity contribution >= 4 is 23.4 Å². The van der Waals surface area contributed by atoms with E-state index in [2.05, 4.69) is 15.3 Å². The number of carbonyl (C=O) groups excluding carboxylic acids is 1. The van der Waals surface area contributed by atoms with Gasteiger partial charge in [-0.1, -0.05) is 48.2 Å². The number of rotatable bonds is 5. The Morgan fingerprint density at radius 1 is 1.07 bits per heavy atom. The molecule has 1 N–H and O–H groups in total. The van der Waals surface area contributed by atoms with E-state index in [1.54, 1.807) is 43.3 Å². The predicted molar refractivity (Wildman–Crippen MR) is 108 cm³/mol. The fourth-order valence-corrected chi connectivity index (χ4v) is 3.35. The van der Waals surface area contributed by atoms with Gasteiger partial charge in [0.1, 0.15) is 11.5 Å². The summed E-state index contributed by atoms with van der Waals surface area (Å²) in [6.45, 7) is 3.23. The monoisotopic (exact) mass is 435 g/mol. The Kier molecular flexibility index (Phi) is 6.40. The van der Waals surface area contributed by atoms with Gasteiger partial charge in [-0.25, -0.2) is 14.4 Å². The number of nitrogens with zero attached hydrogens (tertiary/aromatic N) is 2. The Morgan fingerprint density at radius 3 is 2.43 bits per heavy atom. The zero-order chi connectivity index (χ0) is 21.9. The van der Waals surface area contributed by atoms with Crippen LogP contribution in [0.5, 0.6) is 0 Å². The van der Waals surface area contributed by atoms with Gasteiger partial charge >= 0.3 is 6.18 Å². The number of halogens is 4. The highest BCUT2D eigenvalue weighted by Gasteiger charge is 2.34. The standard InChI is InChI=1S/C21H17F4N3OS/c1-12-8-9-15(22)17(10-12)26-19(29)13(2)30-20-27-16(14-6-4-3-5-7-14)11-18(28-20)21(23,24)25/h3-11,13H,1-2H3,(H,26,29)/t13-/m0/s1. The van der Waals surface area contributed by atoms with E-state index in [4.69, 9.17) is 0 Å². The van der Waals surface area contributed by atoms with Crippen molar-refractivity contribution in [1.29, 1.82) is 0 Å². The molecule has 1 aromatic heterocycles. The molecular formula is C21H17F4N3OS. The van der Waals surface area contributed by atoms with Gasteiger partial charge in [0, 0.05) is 5.56 Å². The number of hydrogen-bond acceptors (Lipinski definition) is 4. The lowest BCUT2D eigenvalue weighted by Crippen LogP contribution is -2.23. The first-order chi connectivity index (χ1) is 14.1. The third kappa shape index (κ3) is 5.35. The van der Waals surface area contributed by atoms with Crippen molar-refractivity contribution in [2.75, 3.05) is 5.32 Å². The fourth-order valence-electron chi connectivity index (χ4n) is 2.56. The van der Waals surface area contributed by atoms with Crippen LogP contribution < -0.4 is 5.32 Å². The summed E-state index contributed by atoms with van der Waals surface area (Å²) in [5, 5.41) is 1.39. The van der Waals surface area contributed by atoms with Crippen molar-refractivity contribution < 1.29 is 22.4 Å². The second-order valence-electron chi connectivity index (χ2n) is 6.52. The molecular weight excluding hydrogens is 418 g/mol. The van der Waals surface area contributed by atoms with Crippen LogP contribution in [0.4, 0.5) is 23.2 Å². The smallest absolute Gasteiger partial charge is 0.323 e. The minimum Gasteiger partial charge on any atom is -0.323 e. The topological polar surface area (TPSA) is 54.9 Å². The molecule has 0 aliphatic heterocycles. The summed E-state index contributed by atoms with van der Waals surface area (Å²) in [5.41, 5.74) is 0.239. The molecule has 0 aliphatic carbocycles. The average Bonchev–Trinajstić information content (AvgIpc) is 2.70. The molecule has 0 saturated carbocycles. The first-order valence-corrected chi connectivity index (χ1v) is 9.77. The third-order valence-electron chi connectivity index (χ3n) is 4.10. The maximum atomic E-state index is 13.9. The maximum Gasteiger partial charge on any atom is 0.433 e. The van der Waals surface area contributed by atoms with Gasteiger partial charge < -0.3 is 5.32 Å². The van der Waals surface area contributed by atoms with E-state index >= 15 is 0 Å². The van der Waals surface area contributed by atoms with Gasteiger partial charge in [0.15, 0.2) is 5.16 Å². The lowest BCUT2D eigenvalue weighted by molar-refractivity contribution is -0.141. The van der Waals surface area contributed by atoms with Crippen molar-refractivity contribution in [3.8, 4) is 11.3 Å². The number of anilines is 1. The Labute approximate surface area is 174 Å². The van der Waals surface area contributed by atoms with Gasteiger partial charge in [0.2, 0.25) is 5.91 Å². The van der Waals surface area contributed by atoms with Gasteiger partial charge in [-0.15, -0.1) is 0 Å². The van der Waals surface area contributed by atoms with E-state index in [0.29, 0.717) is 5.56 Å². The van der Waals surface area contributed by atoms with Gasteiger partial charge in [0.25, 0.3) is 0 Å². The van der Waals surface area contributed by atoms with E-state index in [1.807, 2.05) is 0 Å². The minimum atomic E-state index is -4.67. The molecule has 0 saturated heterocycles. The second kappa shape index (κ2) is 8.83. The number of aromatic nitrogens is 2. The number of hydrogen-bond donors (Lipinski definition) is 1. The van der Waals surface area contributed by atoms with Crippen LogP contribution in [-0.4, -0.2) is 21.1 Å². The Balaban J connectivity index is 1.85. The molecule has 1 atom stereocenters. The molecule has 9 heteroatoms. The van der Waals surface area contributed by atoms with Gasteiger partial charge in [0.05, 0.1) is 16.6 Å². The molecule has 2 aromatic carbocycles. The van der Waals surface area contributed by atoms with Crippen LogP contribution in [-0.2, 0) is 11.0 Å². The zero-order valence-corrected chi connectivity index (χ0v) is 16.8. The summed E-state index contributed by atoms with van der Waals surface area (Å²) in [7, 11) is 0. The summed E-state index contributed by atoms with van der Waals surface area (Å²) in [6.07, 6.45) is -4.67. The quantitative estimate of drug-likeness (QED) is 0.316. The van der Waals surface area contributed by atoms with E-state index in [0.717, 1.165) is 23.4 Å². The van der Waals surface area contributed by atoms with E-state index in [9.17, 15) is 22.4 Å². The largest absolute Gasteiger partial charge is 0.433 e. The van der Waals surface area contributed by atoms with Crippen LogP contribution in [0.25, 0.3) is 11.3 Å². The third-order valence-corrected chi connectivity index (χ3v) is 5.06. The summed E-state index contributed by atoms with van der Waals surface area (Å²) in [4.78, 5) is 20.2.